The van der Waals surface area contributed by atoms with E-state index < -0.39 is 26.5 Å². The molecular weight excluding hydrogens is 410 g/mol. The van der Waals surface area contributed by atoms with Crippen LogP contribution >= 0.6 is 11.6 Å². The number of carbonyl (C=O) groups excluding carboxylic acids is 1. The third kappa shape index (κ3) is 3.48. The topological polar surface area (TPSA) is 119 Å². The van der Waals surface area contributed by atoms with Crippen LogP contribution in [0.1, 0.15) is 22.6 Å². The van der Waals surface area contributed by atoms with Gasteiger partial charge in [0.05, 0.1) is 22.2 Å². The molecule has 3 rings (SSSR count). The van der Waals surface area contributed by atoms with Crippen LogP contribution in [0.4, 0.5) is 5.69 Å². The number of fused-ring (bicyclic) bond motifs is 1. The molecule has 12 heteroatoms. The number of hydrogen-bond donors (Lipinski definition) is 0. The van der Waals surface area contributed by atoms with Crippen LogP contribution in [0.25, 0.3) is 0 Å². The first-order chi connectivity index (χ1) is 13.1. The minimum Gasteiger partial charge on any atom is -0.343 e. The predicted molar refractivity (Wildman–Crippen MR) is 101 cm³/mol. The van der Waals surface area contributed by atoms with Crippen molar-refractivity contribution in [3.05, 3.63) is 50.8 Å². The molecule has 0 radical (unpaired) electrons. The van der Waals surface area contributed by atoms with E-state index in [1.807, 2.05) is 0 Å². The summed E-state index contributed by atoms with van der Waals surface area (Å²) in [4.78, 5) is 23.7. The number of rotatable bonds is 4. The molecule has 0 fully saturated rings. The molecule has 150 valence electrons. The highest BCUT2D eigenvalue weighted by Gasteiger charge is 2.35. The Morgan fingerprint density at radius 3 is 2.61 bits per heavy atom. The molecule has 0 saturated carbocycles. The lowest BCUT2D eigenvalue weighted by Gasteiger charge is -2.19. The van der Waals surface area contributed by atoms with Crippen LogP contribution in [0, 0.1) is 10.1 Å². The van der Waals surface area contributed by atoms with Gasteiger partial charge in [0.25, 0.3) is 11.6 Å². The molecule has 0 N–H and O–H groups in total. The third-order valence-electron chi connectivity index (χ3n) is 4.39. The summed E-state index contributed by atoms with van der Waals surface area (Å²) in [6.07, 6.45) is 0.417. The number of nitro benzene ring substituents is 1. The standard InChI is InChI=1S/C16H18ClN5O5S/c1-19(2)16(23)15-14(17)12-10-20(8-5-9-21(12)18-15)28(26,27)13-7-4-3-6-11(13)22(24)25/h3-4,6-7H,5,8-10H2,1-2H3. The number of sulfonamides is 1. The van der Waals surface area contributed by atoms with E-state index in [2.05, 4.69) is 5.10 Å². The number of nitrogens with zero attached hydrogens (tertiary/aromatic N) is 5. The van der Waals surface area contributed by atoms with E-state index >= 15 is 0 Å². The SMILES string of the molecule is CN(C)C(=O)c1nn2c(c1Cl)CN(S(=O)(=O)c1ccccc1[N+](=O)[O-])CCC2. The van der Waals surface area contributed by atoms with Gasteiger partial charge in [-0.05, 0) is 12.5 Å². The number of amides is 1. The zero-order valence-corrected chi connectivity index (χ0v) is 16.8. The van der Waals surface area contributed by atoms with Crippen molar-refractivity contribution in [2.45, 2.75) is 24.4 Å². The van der Waals surface area contributed by atoms with Gasteiger partial charge in [0.1, 0.15) is 0 Å². The Hall–Kier alpha value is -2.50. The average Bonchev–Trinajstić information content (AvgIpc) is 2.82. The van der Waals surface area contributed by atoms with Crippen LogP contribution in [0.5, 0.6) is 0 Å². The lowest BCUT2D eigenvalue weighted by molar-refractivity contribution is -0.387. The lowest BCUT2D eigenvalue weighted by atomic mass is 10.3. The summed E-state index contributed by atoms with van der Waals surface area (Å²) in [7, 11) is -1.02. The third-order valence-corrected chi connectivity index (χ3v) is 6.68. The fourth-order valence-corrected chi connectivity index (χ4v) is 4.85. The van der Waals surface area contributed by atoms with Crippen molar-refractivity contribution >= 4 is 33.2 Å². The Morgan fingerprint density at radius 1 is 1.29 bits per heavy atom. The van der Waals surface area contributed by atoms with E-state index in [0.717, 1.165) is 10.4 Å². The first-order valence-corrected chi connectivity index (χ1v) is 10.2. The highest BCUT2D eigenvalue weighted by Crippen LogP contribution is 2.31. The van der Waals surface area contributed by atoms with E-state index in [0.29, 0.717) is 18.7 Å². The Morgan fingerprint density at radius 2 is 1.96 bits per heavy atom. The van der Waals surface area contributed by atoms with Crippen molar-refractivity contribution in [1.82, 2.24) is 19.0 Å². The normalized spacial score (nSPS) is 15.0. The van der Waals surface area contributed by atoms with Crippen LogP contribution in [0.3, 0.4) is 0 Å². The Bertz CT molecular complexity index is 1050. The molecule has 10 nitrogen and oxygen atoms in total. The molecule has 1 aromatic heterocycles. The van der Waals surface area contributed by atoms with E-state index in [9.17, 15) is 23.3 Å². The maximum atomic E-state index is 13.1. The number of halogens is 1. The second kappa shape index (κ2) is 7.49. The zero-order chi connectivity index (χ0) is 20.6. The number of aryl methyl sites for hydroxylation is 1. The van der Waals surface area contributed by atoms with Crippen LogP contribution in [0.15, 0.2) is 29.2 Å². The first-order valence-electron chi connectivity index (χ1n) is 8.35. The van der Waals surface area contributed by atoms with Gasteiger partial charge < -0.3 is 4.90 Å². The van der Waals surface area contributed by atoms with Gasteiger partial charge in [0, 0.05) is 33.3 Å². The second-order valence-corrected chi connectivity index (χ2v) is 8.73. The highest BCUT2D eigenvalue weighted by molar-refractivity contribution is 7.89. The van der Waals surface area contributed by atoms with Gasteiger partial charge in [-0.15, -0.1) is 0 Å². The van der Waals surface area contributed by atoms with Gasteiger partial charge in [-0.1, -0.05) is 23.7 Å². The van der Waals surface area contributed by atoms with Gasteiger partial charge in [-0.2, -0.15) is 9.40 Å². The van der Waals surface area contributed by atoms with Crippen molar-refractivity contribution < 1.29 is 18.1 Å². The zero-order valence-electron chi connectivity index (χ0n) is 15.2. The fourth-order valence-electron chi connectivity index (χ4n) is 2.97. The quantitative estimate of drug-likeness (QED) is 0.541. The van der Waals surface area contributed by atoms with Crippen molar-refractivity contribution in [3.63, 3.8) is 0 Å². The van der Waals surface area contributed by atoms with E-state index in [1.165, 1.54) is 27.8 Å². The first kappa shape index (κ1) is 20.2. The number of benzene rings is 1. The molecule has 1 aliphatic rings. The van der Waals surface area contributed by atoms with Gasteiger partial charge in [0.2, 0.25) is 10.0 Å². The summed E-state index contributed by atoms with van der Waals surface area (Å²) in [5, 5.41) is 15.6. The number of nitro groups is 1. The maximum Gasteiger partial charge on any atom is 0.289 e. The molecule has 0 saturated heterocycles. The molecule has 0 spiro atoms. The number of hydrogen-bond acceptors (Lipinski definition) is 6. The maximum absolute atomic E-state index is 13.1. The second-order valence-electron chi connectivity index (χ2n) is 6.45. The molecule has 0 bridgehead atoms. The summed E-state index contributed by atoms with van der Waals surface area (Å²) < 4.78 is 28.9. The summed E-state index contributed by atoms with van der Waals surface area (Å²) in [6, 6.07) is 5.20. The minimum atomic E-state index is -4.15. The average molecular weight is 428 g/mol. The van der Waals surface area contributed by atoms with Crippen LogP contribution in [0.2, 0.25) is 5.02 Å². The lowest BCUT2D eigenvalue weighted by Crippen LogP contribution is -2.31. The summed E-state index contributed by atoms with van der Waals surface area (Å²) in [5.41, 5.74) is -0.0621. The Balaban J connectivity index is 2.03. The van der Waals surface area contributed by atoms with Crippen molar-refractivity contribution in [2.75, 3.05) is 20.6 Å². The smallest absolute Gasteiger partial charge is 0.289 e. The molecule has 0 unspecified atom stereocenters. The number of para-hydroxylation sites is 1. The van der Waals surface area contributed by atoms with Crippen LogP contribution < -0.4 is 0 Å². The minimum absolute atomic E-state index is 0.0478. The van der Waals surface area contributed by atoms with E-state index in [4.69, 9.17) is 11.6 Å². The van der Waals surface area contributed by atoms with Gasteiger partial charge in [-0.3, -0.25) is 19.6 Å². The van der Waals surface area contributed by atoms with Crippen molar-refractivity contribution in [3.8, 4) is 0 Å². The number of aromatic nitrogens is 2. The molecular formula is C16H18ClN5O5S. The molecule has 28 heavy (non-hydrogen) atoms. The number of carbonyl (C=O) groups is 1. The monoisotopic (exact) mass is 427 g/mol. The summed E-state index contributed by atoms with van der Waals surface area (Å²) in [6.45, 7) is 0.380. The van der Waals surface area contributed by atoms with Gasteiger partial charge in [-0.25, -0.2) is 8.42 Å². The fraction of sp³-hybridized carbons (Fsp3) is 0.375. The van der Waals surface area contributed by atoms with Crippen molar-refractivity contribution in [2.24, 2.45) is 0 Å². The largest absolute Gasteiger partial charge is 0.343 e. The summed E-state index contributed by atoms with van der Waals surface area (Å²) in [5.74, 6) is -0.390. The van der Waals surface area contributed by atoms with E-state index in [1.54, 1.807) is 14.1 Å². The molecule has 2 heterocycles. The van der Waals surface area contributed by atoms with E-state index in [-0.39, 0.29) is 28.7 Å². The van der Waals surface area contributed by atoms with Crippen molar-refractivity contribution in [1.29, 1.82) is 0 Å². The Labute approximate surface area is 166 Å². The van der Waals surface area contributed by atoms with Crippen LogP contribution in [-0.4, -0.2) is 58.9 Å². The molecule has 1 amide bonds. The van der Waals surface area contributed by atoms with Crippen LogP contribution in [-0.2, 0) is 23.1 Å². The highest BCUT2D eigenvalue weighted by atomic mass is 35.5. The van der Waals surface area contributed by atoms with Gasteiger partial charge >= 0.3 is 0 Å². The molecule has 1 aromatic carbocycles. The molecule has 1 aliphatic heterocycles. The Kier molecular flexibility index (Phi) is 5.41. The molecule has 0 atom stereocenters. The molecule has 2 aromatic rings. The van der Waals surface area contributed by atoms with Gasteiger partial charge in [0.15, 0.2) is 10.6 Å². The predicted octanol–water partition coefficient (Wildman–Crippen LogP) is 1.74. The molecule has 0 aliphatic carbocycles. The summed E-state index contributed by atoms with van der Waals surface area (Å²) >= 11 is 6.34.